The van der Waals surface area contributed by atoms with Crippen LogP contribution >= 0.6 is 11.3 Å². The number of aromatic nitrogens is 1. The van der Waals surface area contributed by atoms with Crippen LogP contribution in [0.25, 0.3) is 10.8 Å². The van der Waals surface area contributed by atoms with Gasteiger partial charge in [0.1, 0.15) is 0 Å². The van der Waals surface area contributed by atoms with Gasteiger partial charge in [-0.25, -0.2) is 4.98 Å². The van der Waals surface area contributed by atoms with Gasteiger partial charge in [-0.15, -0.1) is 11.3 Å². The monoisotopic (exact) mass is 291 g/mol. The van der Waals surface area contributed by atoms with E-state index < -0.39 is 0 Å². The topological polar surface area (TPSA) is 67.2 Å². The Labute approximate surface area is 121 Å². The number of amides is 1. The molecule has 2 aromatic rings. The summed E-state index contributed by atoms with van der Waals surface area (Å²) in [5.41, 5.74) is 0.874. The van der Waals surface area contributed by atoms with Gasteiger partial charge in [-0.05, 0) is 31.5 Å². The molecular weight excluding hydrogens is 274 g/mol. The molecule has 0 aromatic carbocycles. The van der Waals surface area contributed by atoms with E-state index in [4.69, 9.17) is 4.42 Å². The van der Waals surface area contributed by atoms with E-state index in [1.165, 1.54) is 11.3 Å². The molecular formula is C14H17N3O2S. The van der Waals surface area contributed by atoms with Crippen molar-refractivity contribution in [2.45, 2.75) is 19.4 Å². The van der Waals surface area contributed by atoms with Crippen molar-refractivity contribution >= 4 is 17.2 Å². The van der Waals surface area contributed by atoms with Crippen LogP contribution in [-0.2, 0) is 11.3 Å². The summed E-state index contributed by atoms with van der Waals surface area (Å²) in [7, 11) is 0. The molecule has 1 aliphatic heterocycles. The lowest BCUT2D eigenvalue weighted by Crippen LogP contribution is -2.40. The maximum atomic E-state index is 12.0. The highest BCUT2D eigenvalue weighted by Gasteiger charge is 2.20. The lowest BCUT2D eigenvalue weighted by Gasteiger charge is -2.21. The van der Waals surface area contributed by atoms with Gasteiger partial charge in [0.25, 0.3) is 0 Å². The van der Waals surface area contributed by atoms with Gasteiger partial charge in [-0.2, -0.15) is 0 Å². The van der Waals surface area contributed by atoms with Crippen molar-refractivity contribution in [2.24, 2.45) is 5.92 Å². The van der Waals surface area contributed by atoms with Gasteiger partial charge in [0, 0.05) is 11.9 Å². The molecule has 1 saturated heterocycles. The molecule has 0 saturated carbocycles. The molecule has 2 aromatic heterocycles. The molecule has 1 amide bonds. The molecule has 6 heteroatoms. The van der Waals surface area contributed by atoms with Crippen molar-refractivity contribution in [1.29, 1.82) is 0 Å². The Bertz CT molecular complexity index is 559. The number of piperidine rings is 1. The number of carbonyl (C=O) groups excluding carboxylic acids is 1. The van der Waals surface area contributed by atoms with E-state index in [-0.39, 0.29) is 11.8 Å². The third-order valence-corrected chi connectivity index (χ3v) is 4.30. The second kappa shape index (κ2) is 6.19. The van der Waals surface area contributed by atoms with Crippen LogP contribution in [0.4, 0.5) is 0 Å². The third-order valence-electron chi connectivity index (χ3n) is 3.40. The summed E-state index contributed by atoms with van der Waals surface area (Å²) in [5, 5.41) is 9.01. The molecule has 1 unspecified atom stereocenters. The minimum absolute atomic E-state index is 0.0897. The van der Waals surface area contributed by atoms with Crippen LogP contribution in [0, 0.1) is 5.92 Å². The van der Waals surface area contributed by atoms with Crippen LogP contribution in [0.3, 0.4) is 0 Å². The van der Waals surface area contributed by atoms with Crippen molar-refractivity contribution in [3.63, 3.8) is 0 Å². The Balaban J connectivity index is 1.54. The normalized spacial score (nSPS) is 18.9. The number of hydrogen-bond acceptors (Lipinski definition) is 5. The predicted molar refractivity (Wildman–Crippen MR) is 77.3 cm³/mol. The van der Waals surface area contributed by atoms with Crippen molar-refractivity contribution < 1.29 is 9.21 Å². The van der Waals surface area contributed by atoms with Crippen molar-refractivity contribution in [3.8, 4) is 10.8 Å². The number of hydrogen-bond donors (Lipinski definition) is 2. The SMILES string of the molecule is O=C(NCc1csc(-c2ccco2)n1)C1CCCNC1. The van der Waals surface area contributed by atoms with Crippen molar-refractivity contribution in [1.82, 2.24) is 15.6 Å². The highest BCUT2D eigenvalue weighted by molar-refractivity contribution is 7.13. The standard InChI is InChI=1S/C14H17N3O2S/c18-13(10-3-1-5-15-7-10)16-8-11-9-20-14(17-11)12-4-2-6-19-12/h2,4,6,9-10,15H,1,3,5,7-8H2,(H,16,18). The van der Waals surface area contributed by atoms with Crippen LogP contribution in [0.1, 0.15) is 18.5 Å². The predicted octanol–water partition coefficient (Wildman–Crippen LogP) is 2.02. The van der Waals surface area contributed by atoms with E-state index in [1.807, 2.05) is 17.5 Å². The fourth-order valence-corrected chi connectivity index (χ4v) is 3.09. The van der Waals surface area contributed by atoms with E-state index in [0.717, 1.165) is 42.4 Å². The Morgan fingerprint density at radius 3 is 3.30 bits per heavy atom. The lowest BCUT2D eigenvalue weighted by molar-refractivity contribution is -0.125. The summed E-state index contributed by atoms with van der Waals surface area (Å²) in [5.74, 6) is 0.973. The Hall–Kier alpha value is -1.66. The van der Waals surface area contributed by atoms with Crippen molar-refractivity contribution in [3.05, 3.63) is 29.5 Å². The van der Waals surface area contributed by atoms with Gasteiger partial charge in [-0.3, -0.25) is 4.79 Å². The number of nitrogens with zero attached hydrogens (tertiary/aromatic N) is 1. The average molecular weight is 291 g/mol. The van der Waals surface area contributed by atoms with E-state index in [0.29, 0.717) is 6.54 Å². The highest BCUT2D eigenvalue weighted by atomic mass is 32.1. The van der Waals surface area contributed by atoms with Crippen LogP contribution in [0.5, 0.6) is 0 Å². The third kappa shape index (κ3) is 3.08. The summed E-state index contributed by atoms with van der Waals surface area (Å²) in [6, 6.07) is 3.73. The largest absolute Gasteiger partial charge is 0.462 e. The molecule has 2 N–H and O–H groups in total. The van der Waals surface area contributed by atoms with E-state index in [2.05, 4.69) is 15.6 Å². The molecule has 1 aliphatic rings. The van der Waals surface area contributed by atoms with Gasteiger partial charge < -0.3 is 15.1 Å². The van der Waals surface area contributed by atoms with Gasteiger partial charge in [0.2, 0.25) is 5.91 Å². The Kier molecular flexibility index (Phi) is 4.13. The van der Waals surface area contributed by atoms with Crippen LogP contribution in [0.15, 0.2) is 28.2 Å². The zero-order valence-corrected chi connectivity index (χ0v) is 11.9. The second-order valence-electron chi connectivity index (χ2n) is 4.88. The molecule has 0 radical (unpaired) electrons. The number of furan rings is 1. The van der Waals surface area contributed by atoms with E-state index >= 15 is 0 Å². The summed E-state index contributed by atoms with van der Waals surface area (Å²) >= 11 is 1.53. The zero-order valence-electron chi connectivity index (χ0n) is 11.1. The molecule has 0 aliphatic carbocycles. The van der Waals surface area contributed by atoms with Crippen LogP contribution in [-0.4, -0.2) is 24.0 Å². The smallest absolute Gasteiger partial charge is 0.224 e. The van der Waals surface area contributed by atoms with E-state index in [1.54, 1.807) is 6.26 Å². The van der Waals surface area contributed by atoms with Gasteiger partial charge in [-0.1, -0.05) is 0 Å². The fraction of sp³-hybridized carbons (Fsp3) is 0.429. The maximum Gasteiger partial charge on any atom is 0.224 e. The molecule has 0 bridgehead atoms. The van der Waals surface area contributed by atoms with E-state index in [9.17, 15) is 4.79 Å². The molecule has 20 heavy (non-hydrogen) atoms. The van der Waals surface area contributed by atoms with Gasteiger partial charge in [0.05, 0.1) is 24.4 Å². The maximum absolute atomic E-state index is 12.0. The fourth-order valence-electron chi connectivity index (χ4n) is 2.30. The quantitative estimate of drug-likeness (QED) is 0.904. The Morgan fingerprint density at radius 1 is 1.60 bits per heavy atom. The lowest BCUT2D eigenvalue weighted by atomic mass is 9.99. The number of nitrogens with one attached hydrogen (secondary N) is 2. The highest BCUT2D eigenvalue weighted by Crippen LogP contribution is 2.23. The average Bonchev–Trinajstić information content (AvgIpc) is 3.16. The summed E-state index contributed by atoms with van der Waals surface area (Å²) < 4.78 is 5.31. The molecule has 5 nitrogen and oxygen atoms in total. The number of carbonyl (C=O) groups is 1. The molecule has 3 rings (SSSR count). The zero-order chi connectivity index (χ0) is 13.8. The first-order valence-electron chi connectivity index (χ1n) is 6.79. The minimum Gasteiger partial charge on any atom is -0.462 e. The number of thiazole rings is 1. The first-order chi connectivity index (χ1) is 9.83. The first-order valence-corrected chi connectivity index (χ1v) is 7.67. The molecule has 0 spiro atoms. The molecule has 3 heterocycles. The van der Waals surface area contributed by atoms with Gasteiger partial charge in [0.15, 0.2) is 10.8 Å². The minimum atomic E-state index is 0.0897. The first kappa shape index (κ1) is 13.3. The molecule has 106 valence electrons. The summed E-state index contributed by atoms with van der Waals surface area (Å²) in [4.78, 5) is 16.5. The van der Waals surface area contributed by atoms with Gasteiger partial charge >= 0.3 is 0 Å². The van der Waals surface area contributed by atoms with Crippen LogP contribution < -0.4 is 10.6 Å². The van der Waals surface area contributed by atoms with Crippen molar-refractivity contribution in [2.75, 3.05) is 13.1 Å². The van der Waals surface area contributed by atoms with Crippen LogP contribution in [0.2, 0.25) is 0 Å². The summed E-state index contributed by atoms with van der Waals surface area (Å²) in [6.07, 6.45) is 3.67. The second-order valence-corrected chi connectivity index (χ2v) is 5.74. The summed E-state index contributed by atoms with van der Waals surface area (Å²) in [6.45, 7) is 2.27. The molecule has 1 atom stereocenters. The molecule has 1 fully saturated rings. The Morgan fingerprint density at radius 2 is 2.55 bits per heavy atom. The number of rotatable bonds is 4.